The van der Waals surface area contributed by atoms with Gasteiger partial charge >= 0.3 is 0 Å². The molecule has 1 aliphatic heterocycles. The molecular formula is C18H15FN2OS. The average Bonchev–Trinajstić information content (AvgIpc) is 3.21. The highest BCUT2D eigenvalue weighted by Crippen LogP contribution is 2.37. The minimum absolute atomic E-state index is 0.0185. The number of amides is 1. The van der Waals surface area contributed by atoms with E-state index in [-0.39, 0.29) is 17.8 Å². The number of thiazole rings is 1. The number of likely N-dealkylation sites (tertiary alicyclic amines) is 1. The molecule has 1 fully saturated rings. The van der Waals surface area contributed by atoms with Crippen LogP contribution in [0.25, 0.3) is 10.2 Å². The SMILES string of the molecule is O=C(c1ccc(F)cc1)N1CCCC1c1nc2ccccc2s1. The number of carbonyl (C=O) groups excluding carboxylic acids is 1. The van der Waals surface area contributed by atoms with Crippen LogP contribution in [0.2, 0.25) is 0 Å². The van der Waals surface area contributed by atoms with Gasteiger partial charge in [0.1, 0.15) is 10.8 Å². The minimum Gasteiger partial charge on any atom is -0.329 e. The molecule has 2 heterocycles. The number of fused-ring (bicyclic) bond motifs is 1. The molecule has 116 valence electrons. The molecule has 4 rings (SSSR count). The predicted molar refractivity (Wildman–Crippen MR) is 89.0 cm³/mol. The molecule has 23 heavy (non-hydrogen) atoms. The molecule has 0 spiro atoms. The van der Waals surface area contributed by atoms with Gasteiger partial charge in [0.2, 0.25) is 0 Å². The molecule has 1 unspecified atom stereocenters. The molecule has 3 aromatic rings. The number of aromatic nitrogens is 1. The number of halogens is 1. The van der Waals surface area contributed by atoms with Crippen LogP contribution in [0.3, 0.4) is 0 Å². The summed E-state index contributed by atoms with van der Waals surface area (Å²) in [4.78, 5) is 19.3. The third kappa shape index (κ3) is 2.61. The summed E-state index contributed by atoms with van der Waals surface area (Å²) >= 11 is 1.65. The van der Waals surface area contributed by atoms with Gasteiger partial charge in [0.25, 0.3) is 5.91 Å². The number of carbonyl (C=O) groups is 1. The number of hydrogen-bond donors (Lipinski definition) is 0. The second-order valence-corrected chi connectivity index (χ2v) is 6.75. The number of benzene rings is 2. The lowest BCUT2D eigenvalue weighted by Gasteiger charge is -2.23. The summed E-state index contributed by atoms with van der Waals surface area (Å²) in [6, 6.07) is 13.8. The van der Waals surface area contributed by atoms with Crippen LogP contribution in [0.5, 0.6) is 0 Å². The van der Waals surface area contributed by atoms with E-state index in [2.05, 4.69) is 6.07 Å². The van der Waals surface area contributed by atoms with Gasteiger partial charge in [-0.25, -0.2) is 9.37 Å². The second kappa shape index (κ2) is 5.74. The lowest BCUT2D eigenvalue weighted by Crippen LogP contribution is -2.30. The maximum atomic E-state index is 13.1. The molecule has 0 saturated carbocycles. The van der Waals surface area contributed by atoms with Crippen LogP contribution >= 0.6 is 11.3 Å². The lowest BCUT2D eigenvalue weighted by atomic mass is 10.1. The Morgan fingerprint density at radius 2 is 1.96 bits per heavy atom. The molecule has 1 atom stereocenters. The summed E-state index contributed by atoms with van der Waals surface area (Å²) in [7, 11) is 0. The van der Waals surface area contributed by atoms with Crippen molar-refractivity contribution >= 4 is 27.5 Å². The topological polar surface area (TPSA) is 33.2 Å². The van der Waals surface area contributed by atoms with Gasteiger partial charge in [0.15, 0.2) is 0 Å². The van der Waals surface area contributed by atoms with Crippen LogP contribution in [0.15, 0.2) is 48.5 Å². The molecule has 1 aromatic heterocycles. The van der Waals surface area contributed by atoms with Crippen molar-refractivity contribution in [2.75, 3.05) is 6.54 Å². The maximum Gasteiger partial charge on any atom is 0.254 e. The lowest BCUT2D eigenvalue weighted by molar-refractivity contribution is 0.0735. The number of rotatable bonds is 2. The van der Waals surface area contributed by atoms with Gasteiger partial charge in [0.05, 0.1) is 16.3 Å². The van der Waals surface area contributed by atoms with Crippen molar-refractivity contribution < 1.29 is 9.18 Å². The zero-order valence-corrected chi connectivity index (χ0v) is 13.2. The Kier molecular flexibility index (Phi) is 3.58. The van der Waals surface area contributed by atoms with E-state index in [4.69, 9.17) is 4.98 Å². The van der Waals surface area contributed by atoms with Crippen molar-refractivity contribution in [1.82, 2.24) is 9.88 Å². The van der Waals surface area contributed by atoms with Crippen LogP contribution in [0.4, 0.5) is 4.39 Å². The Morgan fingerprint density at radius 3 is 2.74 bits per heavy atom. The van der Waals surface area contributed by atoms with E-state index in [1.165, 1.54) is 12.1 Å². The maximum absolute atomic E-state index is 13.1. The second-order valence-electron chi connectivity index (χ2n) is 5.68. The fraction of sp³-hybridized carbons (Fsp3) is 0.222. The van der Waals surface area contributed by atoms with Crippen molar-refractivity contribution in [2.24, 2.45) is 0 Å². The van der Waals surface area contributed by atoms with Gasteiger partial charge in [-0.15, -0.1) is 11.3 Å². The Balaban J connectivity index is 1.65. The van der Waals surface area contributed by atoms with Gasteiger partial charge < -0.3 is 4.90 Å². The van der Waals surface area contributed by atoms with Gasteiger partial charge in [-0.05, 0) is 49.2 Å². The molecule has 1 amide bonds. The number of para-hydroxylation sites is 1. The summed E-state index contributed by atoms with van der Waals surface area (Å²) in [5.74, 6) is -0.377. The summed E-state index contributed by atoms with van der Waals surface area (Å²) in [5.41, 5.74) is 1.51. The highest BCUT2D eigenvalue weighted by atomic mass is 32.1. The summed E-state index contributed by atoms with van der Waals surface area (Å²) in [6.07, 6.45) is 1.89. The van der Waals surface area contributed by atoms with Crippen LogP contribution < -0.4 is 0 Å². The van der Waals surface area contributed by atoms with Gasteiger partial charge in [-0.2, -0.15) is 0 Å². The molecular weight excluding hydrogens is 311 g/mol. The monoisotopic (exact) mass is 326 g/mol. The van der Waals surface area contributed by atoms with Gasteiger partial charge in [0, 0.05) is 12.1 Å². The molecule has 1 aliphatic rings. The molecule has 1 saturated heterocycles. The molecule has 0 radical (unpaired) electrons. The quantitative estimate of drug-likeness (QED) is 0.699. The van der Waals surface area contributed by atoms with Crippen LogP contribution in [0.1, 0.15) is 34.2 Å². The zero-order valence-electron chi connectivity index (χ0n) is 12.4. The summed E-state index contributed by atoms with van der Waals surface area (Å²) < 4.78 is 14.2. The van der Waals surface area contributed by atoms with Crippen LogP contribution in [-0.4, -0.2) is 22.3 Å². The van der Waals surface area contributed by atoms with Crippen molar-refractivity contribution in [1.29, 1.82) is 0 Å². The van der Waals surface area contributed by atoms with E-state index in [9.17, 15) is 9.18 Å². The van der Waals surface area contributed by atoms with Crippen molar-refractivity contribution in [3.05, 3.63) is 64.9 Å². The van der Waals surface area contributed by atoms with Gasteiger partial charge in [-0.1, -0.05) is 12.1 Å². The smallest absolute Gasteiger partial charge is 0.254 e. The fourth-order valence-electron chi connectivity index (χ4n) is 3.06. The first-order valence-corrected chi connectivity index (χ1v) is 8.46. The first kappa shape index (κ1) is 14.3. The zero-order chi connectivity index (χ0) is 15.8. The highest BCUT2D eigenvalue weighted by Gasteiger charge is 2.32. The van der Waals surface area contributed by atoms with Crippen LogP contribution in [0, 0.1) is 5.82 Å². The van der Waals surface area contributed by atoms with E-state index >= 15 is 0 Å². The third-order valence-corrected chi connectivity index (χ3v) is 5.34. The molecule has 3 nitrogen and oxygen atoms in total. The Labute approximate surface area is 137 Å². The van der Waals surface area contributed by atoms with E-state index in [0.717, 1.165) is 34.6 Å². The van der Waals surface area contributed by atoms with E-state index < -0.39 is 0 Å². The third-order valence-electron chi connectivity index (χ3n) is 4.20. The molecule has 0 aliphatic carbocycles. The first-order chi connectivity index (χ1) is 11.2. The minimum atomic E-state index is -0.328. The van der Waals surface area contributed by atoms with E-state index in [1.807, 2.05) is 23.1 Å². The largest absolute Gasteiger partial charge is 0.329 e. The molecule has 0 N–H and O–H groups in total. The van der Waals surface area contributed by atoms with E-state index in [1.54, 1.807) is 23.5 Å². The van der Waals surface area contributed by atoms with Gasteiger partial charge in [-0.3, -0.25) is 4.79 Å². The first-order valence-electron chi connectivity index (χ1n) is 7.64. The number of nitrogens with zero attached hydrogens (tertiary/aromatic N) is 2. The Morgan fingerprint density at radius 1 is 1.17 bits per heavy atom. The average molecular weight is 326 g/mol. The molecule has 5 heteroatoms. The van der Waals surface area contributed by atoms with E-state index in [0.29, 0.717) is 5.56 Å². The summed E-state index contributed by atoms with van der Waals surface area (Å²) in [5, 5.41) is 0.985. The van der Waals surface area contributed by atoms with Crippen molar-refractivity contribution in [2.45, 2.75) is 18.9 Å². The predicted octanol–water partition coefficient (Wildman–Crippen LogP) is 4.41. The molecule has 2 aromatic carbocycles. The van der Waals surface area contributed by atoms with Crippen molar-refractivity contribution in [3.8, 4) is 0 Å². The molecule has 0 bridgehead atoms. The Bertz CT molecular complexity index is 826. The van der Waals surface area contributed by atoms with Crippen molar-refractivity contribution in [3.63, 3.8) is 0 Å². The van der Waals surface area contributed by atoms with Crippen LogP contribution in [-0.2, 0) is 0 Å². The normalized spacial score (nSPS) is 17.8. The fourth-order valence-corrected chi connectivity index (χ4v) is 4.17. The highest BCUT2D eigenvalue weighted by molar-refractivity contribution is 7.18. The standard InChI is InChI=1S/C18H15FN2OS/c19-13-9-7-12(8-10-13)18(22)21-11-3-5-15(21)17-20-14-4-1-2-6-16(14)23-17/h1-2,4,6-10,15H,3,5,11H2. The Hall–Kier alpha value is -2.27. The summed E-state index contributed by atoms with van der Waals surface area (Å²) in [6.45, 7) is 0.719. The number of hydrogen-bond acceptors (Lipinski definition) is 3.